The molecule has 0 saturated heterocycles. The number of ether oxygens (including phenoxy) is 1. The van der Waals surface area contributed by atoms with Crippen molar-refractivity contribution in [2.45, 2.75) is 0 Å². The molecular formula is C27H18ClN3O4. The minimum Gasteiger partial charge on any atom is -0.478 e. The van der Waals surface area contributed by atoms with Crippen molar-refractivity contribution in [1.29, 1.82) is 0 Å². The number of fused-ring (bicyclic) bond motifs is 2. The summed E-state index contributed by atoms with van der Waals surface area (Å²) in [5, 5.41) is 14.9. The molecule has 0 saturated carbocycles. The molecule has 0 bridgehead atoms. The lowest BCUT2D eigenvalue weighted by atomic mass is 9.97. The highest BCUT2D eigenvalue weighted by molar-refractivity contribution is 6.31. The van der Waals surface area contributed by atoms with Crippen molar-refractivity contribution in [3.8, 4) is 11.5 Å². The smallest absolute Gasteiger partial charge is 0.336 e. The van der Waals surface area contributed by atoms with Gasteiger partial charge in [-0.2, -0.15) is 0 Å². The molecule has 35 heavy (non-hydrogen) atoms. The molecule has 5 aromatic rings. The highest BCUT2D eigenvalue weighted by Crippen LogP contribution is 2.33. The van der Waals surface area contributed by atoms with Gasteiger partial charge in [0.25, 0.3) is 5.91 Å². The van der Waals surface area contributed by atoms with E-state index < -0.39 is 11.9 Å². The minimum atomic E-state index is -1.21. The Balaban J connectivity index is 1.55. The number of nitrogens with two attached hydrogens (primary N) is 1. The molecule has 0 spiro atoms. The van der Waals surface area contributed by atoms with Crippen molar-refractivity contribution in [3.05, 3.63) is 101 Å². The minimum absolute atomic E-state index is 0.0359. The number of hydrogen-bond donors (Lipinski definition) is 3. The molecule has 8 heteroatoms. The summed E-state index contributed by atoms with van der Waals surface area (Å²) in [4.78, 5) is 29.4. The van der Waals surface area contributed by atoms with Gasteiger partial charge in [-0.05, 0) is 71.4 Å². The molecule has 1 heterocycles. The number of pyridine rings is 1. The molecule has 0 fully saturated rings. The number of carboxylic acid groups (broad SMARTS) is 1. The molecule has 0 atom stereocenters. The van der Waals surface area contributed by atoms with Crippen LogP contribution in [-0.4, -0.2) is 22.0 Å². The molecule has 4 aromatic carbocycles. The van der Waals surface area contributed by atoms with Crippen LogP contribution in [0.4, 0.5) is 11.4 Å². The number of rotatable bonds is 5. The second-order valence-corrected chi connectivity index (χ2v) is 8.23. The third-order valence-corrected chi connectivity index (χ3v) is 5.79. The largest absolute Gasteiger partial charge is 0.478 e. The van der Waals surface area contributed by atoms with Gasteiger partial charge in [-0.15, -0.1) is 0 Å². The van der Waals surface area contributed by atoms with Crippen LogP contribution < -0.4 is 15.8 Å². The molecule has 172 valence electrons. The topological polar surface area (TPSA) is 115 Å². The third kappa shape index (κ3) is 4.32. The Morgan fingerprint density at radius 2 is 1.74 bits per heavy atom. The molecule has 0 radical (unpaired) electrons. The van der Waals surface area contributed by atoms with Gasteiger partial charge >= 0.3 is 5.97 Å². The van der Waals surface area contributed by atoms with Crippen molar-refractivity contribution in [3.63, 3.8) is 0 Å². The maximum atomic E-state index is 13.2. The first-order valence-corrected chi connectivity index (χ1v) is 11.0. The quantitative estimate of drug-likeness (QED) is 0.250. The Labute approximate surface area is 204 Å². The highest BCUT2D eigenvalue weighted by Gasteiger charge is 2.21. The van der Waals surface area contributed by atoms with E-state index >= 15 is 0 Å². The fourth-order valence-corrected chi connectivity index (χ4v) is 4.07. The Bertz CT molecular complexity index is 1630. The number of amides is 1. The Morgan fingerprint density at radius 3 is 2.54 bits per heavy atom. The lowest BCUT2D eigenvalue weighted by Gasteiger charge is -2.14. The van der Waals surface area contributed by atoms with Crippen molar-refractivity contribution in [2.24, 2.45) is 0 Å². The number of aromatic nitrogens is 1. The number of carboxylic acids is 1. The SMILES string of the molecule is Nc1ccccc1NC(=O)c1c(C(=O)O)ccc2cc(Oc3ccnc4cc(Cl)ccc34)ccc12. The van der Waals surface area contributed by atoms with Crippen molar-refractivity contribution < 1.29 is 19.4 Å². The van der Waals surface area contributed by atoms with Crippen LogP contribution in [0.2, 0.25) is 5.02 Å². The molecule has 0 aliphatic carbocycles. The fraction of sp³-hybridized carbons (Fsp3) is 0. The van der Waals surface area contributed by atoms with E-state index in [0.717, 1.165) is 5.39 Å². The molecule has 0 unspecified atom stereocenters. The number of nitrogens with one attached hydrogen (secondary N) is 1. The lowest BCUT2D eigenvalue weighted by molar-refractivity contribution is 0.0693. The summed E-state index contributed by atoms with van der Waals surface area (Å²) in [6.07, 6.45) is 1.63. The number of benzene rings is 4. The normalized spacial score (nSPS) is 10.9. The van der Waals surface area contributed by atoms with E-state index in [4.69, 9.17) is 22.1 Å². The van der Waals surface area contributed by atoms with Crippen LogP contribution in [0.1, 0.15) is 20.7 Å². The number of nitrogens with zero attached hydrogens (tertiary/aromatic N) is 1. The number of halogens is 1. The zero-order valence-electron chi connectivity index (χ0n) is 18.2. The summed E-state index contributed by atoms with van der Waals surface area (Å²) in [6, 6.07) is 22.0. The number of aromatic carboxylic acids is 1. The van der Waals surface area contributed by atoms with Crippen LogP contribution in [0.3, 0.4) is 0 Å². The Morgan fingerprint density at radius 1 is 0.943 bits per heavy atom. The first kappa shape index (κ1) is 22.2. The summed E-state index contributed by atoms with van der Waals surface area (Å²) < 4.78 is 6.11. The van der Waals surface area contributed by atoms with Crippen molar-refractivity contribution in [2.75, 3.05) is 11.1 Å². The number of carbonyl (C=O) groups is 2. The van der Waals surface area contributed by atoms with Crippen LogP contribution in [-0.2, 0) is 0 Å². The van der Waals surface area contributed by atoms with Gasteiger partial charge in [0.1, 0.15) is 11.5 Å². The first-order chi connectivity index (χ1) is 16.9. The number of carbonyl (C=O) groups excluding carboxylic acids is 1. The lowest BCUT2D eigenvalue weighted by Crippen LogP contribution is -2.17. The highest BCUT2D eigenvalue weighted by atomic mass is 35.5. The maximum Gasteiger partial charge on any atom is 0.336 e. The van der Waals surface area contributed by atoms with Gasteiger partial charge in [-0.25, -0.2) is 4.79 Å². The molecular weight excluding hydrogens is 466 g/mol. The van der Waals surface area contributed by atoms with Gasteiger partial charge in [0, 0.05) is 16.6 Å². The van der Waals surface area contributed by atoms with Crippen molar-refractivity contribution in [1.82, 2.24) is 4.98 Å². The average Bonchev–Trinajstić information content (AvgIpc) is 2.84. The van der Waals surface area contributed by atoms with Gasteiger partial charge in [-0.3, -0.25) is 9.78 Å². The Hall–Kier alpha value is -4.62. The average molecular weight is 484 g/mol. The second-order valence-electron chi connectivity index (χ2n) is 7.79. The molecule has 7 nitrogen and oxygen atoms in total. The number of nitrogen functional groups attached to an aromatic ring is 1. The number of hydrogen-bond acceptors (Lipinski definition) is 5. The zero-order chi connectivity index (χ0) is 24.5. The van der Waals surface area contributed by atoms with Crippen LogP contribution in [0.5, 0.6) is 11.5 Å². The summed E-state index contributed by atoms with van der Waals surface area (Å²) in [5.74, 6) is -0.677. The van der Waals surface area contributed by atoms with E-state index in [2.05, 4.69) is 10.3 Å². The molecule has 0 aliphatic rings. The van der Waals surface area contributed by atoms with Gasteiger partial charge < -0.3 is 20.9 Å². The first-order valence-electron chi connectivity index (χ1n) is 10.6. The monoisotopic (exact) mass is 483 g/mol. The van der Waals surface area contributed by atoms with E-state index in [1.165, 1.54) is 6.07 Å². The molecule has 5 rings (SSSR count). The summed E-state index contributed by atoms with van der Waals surface area (Å²) in [5.41, 5.74) is 7.33. The van der Waals surface area contributed by atoms with Crippen LogP contribution in [0.15, 0.2) is 85.1 Å². The standard InChI is InChI=1S/C27H18ClN3O4/c28-16-6-9-19-23(14-16)30-12-11-24(19)35-17-7-10-18-15(13-17)5-8-20(27(33)34)25(18)26(32)31-22-4-2-1-3-21(22)29/h1-14H,29H2,(H,31,32)(H,33,34). The third-order valence-electron chi connectivity index (χ3n) is 5.55. The number of para-hydroxylation sites is 2. The summed E-state index contributed by atoms with van der Waals surface area (Å²) in [7, 11) is 0. The Kier molecular flexibility index (Phi) is 5.68. The van der Waals surface area contributed by atoms with E-state index in [1.54, 1.807) is 72.9 Å². The van der Waals surface area contributed by atoms with E-state index in [0.29, 0.717) is 44.2 Å². The summed E-state index contributed by atoms with van der Waals surface area (Å²) >= 11 is 6.07. The molecule has 1 amide bonds. The van der Waals surface area contributed by atoms with Gasteiger partial charge in [0.2, 0.25) is 0 Å². The van der Waals surface area contributed by atoms with E-state index in [9.17, 15) is 14.7 Å². The maximum absolute atomic E-state index is 13.2. The van der Waals surface area contributed by atoms with Gasteiger partial charge in [-0.1, -0.05) is 29.8 Å². The molecule has 1 aromatic heterocycles. The molecule has 0 aliphatic heterocycles. The van der Waals surface area contributed by atoms with Gasteiger partial charge in [0.05, 0.1) is 28.0 Å². The van der Waals surface area contributed by atoms with Crippen LogP contribution in [0.25, 0.3) is 21.7 Å². The summed E-state index contributed by atoms with van der Waals surface area (Å²) in [6.45, 7) is 0. The molecule has 4 N–H and O–H groups in total. The fourth-order valence-electron chi connectivity index (χ4n) is 3.90. The van der Waals surface area contributed by atoms with E-state index in [-0.39, 0.29) is 11.1 Å². The van der Waals surface area contributed by atoms with Gasteiger partial charge in [0.15, 0.2) is 0 Å². The second kappa shape index (κ2) is 8.96. The predicted molar refractivity (Wildman–Crippen MR) is 137 cm³/mol. The van der Waals surface area contributed by atoms with Crippen LogP contribution >= 0.6 is 11.6 Å². The zero-order valence-corrected chi connectivity index (χ0v) is 18.9. The number of anilines is 2. The predicted octanol–water partition coefficient (Wildman–Crippen LogP) is 6.37. The van der Waals surface area contributed by atoms with Crippen molar-refractivity contribution >= 4 is 56.5 Å². The van der Waals surface area contributed by atoms with E-state index in [1.807, 2.05) is 6.07 Å². The van der Waals surface area contributed by atoms with Crippen LogP contribution in [0, 0.1) is 0 Å².